The molecule has 0 saturated carbocycles. The van der Waals surface area contributed by atoms with E-state index in [1.54, 1.807) is 6.07 Å². The van der Waals surface area contributed by atoms with Crippen molar-refractivity contribution >= 4 is 38.6 Å². The molecule has 1 aromatic carbocycles. The van der Waals surface area contributed by atoms with Crippen LogP contribution in [-0.2, 0) is 26.1 Å². The number of fused-ring (bicyclic) bond motifs is 1. The van der Waals surface area contributed by atoms with Crippen LogP contribution in [0, 0.1) is 5.82 Å². The third kappa shape index (κ3) is 5.49. The number of piperidine rings is 1. The fraction of sp³-hybridized carbons (Fsp3) is 0.542. The van der Waals surface area contributed by atoms with Gasteiger partial charge in [0.15, 0.2) is 12.1 Å². The van der Waals surface area contributed by atoms with Crippen molar-refractivity contribution in [1.82, 2.24) is 23.8 Å². The van der Waals surface area contributed by atoms with Gasteiger partial charge in [0.2, 0.25) is 16.0 Å². The standard InChI is InChI=1S/C24H30ClFN6O5S/c1-13(2)32-18-9-14(8-16(26)23(18)29-20(32)12-37-21-5-7-36-21)22-15(25)10-27-24(30-22)28-17-4-6-31(11-19(17)33)38(3,34)35/h8-10,13,17,19,21,33H,4-7,11-12H2,1-3H3,(H,27,28,30)/t17?,19-,21?/m1/s1. The molecule has 4 heterocycles. The molecule has 2 N–H and O–H groups in total. The summed E-state index contributed by atoms with van der Waals surface area (Å²) < 4.78 is 53.2. The zero-order valence-electron chi connectivity index (χ0n) is 21.3. The zero-order valence-corrected chi connectivity index (χ0v) is 22.8. The van der Waals surface area contributed by atoms with E-state index >= 15 is 4.39 Å². The first-order valence-corrected chi connectivity index (χ1v) is 14.6. The minimum Gasteiger partial charge on any atom is -0.390 e. The predicted molar refractivity (Wildman–Crippen MR) is 140 cm³/mol. The summed E-state index contributed by atoms with van der Waals surface area (Å²) >= 11 is 6.44. The van der Waals surface area contributed by atoms with E-state index in [0.717, 1.165) is 12.7 Å². The number of aliphatic hydroxyl groups is 1. The van der Waals surface area contributed by atoms with E-state index in [-0.39, 0.29) is 48.5 Å². The van der Waals surface area contributed by atoms with Crippen molar-refractivity contribution in [2.75, 3.05) is 31.3 Å². The lowest BCUT2D eigenvalue weighted by Crippen LogP contribution is -2.51. The SMILES string of the molecule is CC(C)n1c(COC2CCO2)nc2c(F)cc(-c3nc(NC4CCN(S(C)(=O)=O)C[C@H]4O)ncc3Cl)cc21. The zero-order chi connectivity index (χ0) is 27.2. The number of aliphatic hydroxyl groups excluding tert-OH is 1. The number of nitrogens with zero attached hydrogens (tertiary/aromatic N) is 5. The smallest absolute Gasteiger partial charge is 0.223 e. The van der Waals surface area contributed by atoms with Crippen molar-refractivity contribution in [2.24, 2.45) is 0 Å². The van der Waals surface area contributed by atoms with Crippen molar-refractivity contribution in [3.05, 3.63) is 35.0 Å². The first-order valence-electron chi connectivity index (χ1n) is 12.4. The number of anilines is 1. The predicted octanol–water partition coefficient (Wildman–Crippen LogP) is 2.94. The van der Waals surface area contributed by atoms with E-state index in [9.17, 15) is 13.5 Å². The summed E-state index contributed by atoms with van der Waals surface area (Å²) in [5, 5.41) is 13.8. The van der Waals surface area contributed by atoms with Gasteiger partial charge in [-0.25, -0.2) is 27.8 Å². The largest absolute Gasteiger partial charge is 0.390 e. The average molecular weight is 569 g/mol. The topological polar surface area (TPSA) is 132 Å². The van der Waals surface area contributed by atoms with Crippen molar-refractivity contribution in [3.63, 3.8) is 0 Å². The van der Waals surface area contributed by atoms with Crippen molar-refractivity contribution in [2.45, 2.75) is 57.8 Å². The molecule has 2 aromatic heterocycles. The highest BCUT2D eigenvalue weighted by Gasteiger charge is 2.32. The van der Waals surface area contributed by atoms with Crippen LogP contribution in [0.1, 0.15) is 38.6 Å². The van der Waals surface area contributed by atoms with Gasteiger partial charge >= 0.3 is 0 Å². The van der Waals surface area contributed by atoms with Crippen LogP contribution in [0.5, 0.6) is 0 Å². The maximum absolute atomic E-state index is 15.3. The van der Waals surface area contributed by atoms with E-state index in [2.05, 4.69) is 20.3 Å². The average Bonchev–Trinajstić information content (AvgIpc) is 3.19. The van der Waals surface area contributed by atoms with Crippen molar-refractivity contribution in [1.29, 1.82) is 0 Å². The fourth-order valence-corrected chi connectivity index (χ4v) is 5.77. The molecule has 0 bridgehead atoms. The fourth-order valence-electron chi connectivity index (χ4n) is 4.71. The molecule has 0 spiro atoms. The Morgan fingerprint density at radius 1 is 1.32 bits per heavy atom. The van der Waals surface area contributed by atoms with Crippen LogP contribution < -0.4 is 5.32 Å². The van der Waals surface area contributed by atoms with Gasteiger partial charge < -0.3 is 24.5 Å². The highest BCUT2D eigenvalue weighted by molar-refractivity contribution is 7.88. The molecule has 2 fully saturated rings. The van der Waals surface area contributed by atoms with Gasteiger partial charge in [-0.3, -0.25) is 0 Å². The van der Waals surface area contributed by atoms with Crippen LogP contribution in [0.25, 0.3) is 22.3 Å². The normalized spacial score (nSPS) is 22.7. The summed E-state index contributed by atoms with van der Waals surface area (Å²) in [5.41, 5.74) is 1.55. The third-order valence-corrected chi connectivity index (χ3v) is 8.29. The number of ether oxygens (including phenoxy) is 2. The molecule has 3 atom stereocenters. The third-order valence-electron chi connectivity index (χ3n) is 6.74. The number of sulfonamides is 1. The molecule has 14 heteroatoms. The number of nitrogens with one attached hydrogen (secondary N) is 1. The molecular formula is C24H30ClFN6O5S. The van der Waals surface area contributed by atoms with Crippen LogP contribution in [0.3, 0.4) is 0 Å². The Bertz CT molecular complexity index is 1450. The Balaban J connectivity index is 1.43. The number of benzene rings is 1. The summed E-state index contributed by atoms with van der Waals surface area (Å²) in [7, 11) is -3.40. The molecule has 5 rings (SSSR count). The van der Waals surface area contributed by atoms with E-state index in [1.807, 2.05) is 18.4 Å². The number of β-amino-alcohol motifs (C(OH)–C–C–N with tert-alkyl or cyclic N) is 1. The Kier molecular flexibility index (Phi) is 7.59. The molecule has 11 nitrogen and oxygen atoms in total. The second-order valence-corrected chi connectivity index (χ2v) is 12.2. The molecule has 206 valence electrons. The number of imidazole rings is 1. The van der Waals surface area contributed by atoms with Gasteiger partial charge in [-0.15, -0.1) is 0 Å². The number of rotatable bonds is 8. The summed E-state index contributed by atoms with van der Waals surface area (Å²) in [4.78, 5) is 13.2. The maximum Gasteiger partial charge on any atom is 0.223 e. The molecule has 2 aliphatic heterocycles. The summed E-state index contributed by atoms with van der Waals surface area (Å²) in [5.74, 6) is 0.256. The molecule has 0 radical (unpaired) electrons. The van der Waals surface area contributed by atoms with Crippen LogP contribution in [0.2, 0.25) is 5.02 Å². The molecule has 3 aromatic rings. The molecule has 0 amide bonds. The lowest BCUT2D eigenvalue weighted by molar-refractivity contribution is -0.221. The number of aromatic nitrogens is 4. The number of hydrogen-bond acceptors (Lipinski definition) is 9. The van der Waals surface area contributed by atoms with Gasteiger partial charge in [-0.05, 0) is 32.4 Å². The second-order valence-electron chi connectivity index (χ2n) is 9.84. The quantitative estimate of drug-likeness (QED) is 0.421. The highest BCUT2D eigenvalue weighted by atomic mass is 35.5. The van der Waals surface area contributed by atoms with Gasteiger partial charge in [0.25, 0.3) is 0 Å². The Morgan fingerprint density at radius 3 is 2.71 bits per heavy atom. The monoisotopic (exact) mass is 568 g/mol. The summed E-state index contributed by atoms with van der Waals surface area (Å²) in [6.45, 7) is 5.04. The van der Waals surface area contributed by atoms with Crippen LogP contribution in [0.4, 0.5) is 10.3 Å². The van der Waals surface area contributed by atoms with Crippen LogP contribution >= 0.6 is 11.6 Å². The van der Waals surface area contributed by atoms with Crippen molar-refractivity contribution in [3.8, 4) is 11.3 Å². The molecule has 2 unspecified atom stereocenters. The van der Waals surface area contributed by atoms with Gasteiger partial charge in [0.1, 0.15) is 17.9 Å². The minimum absolute atomic E-state index is 0.0204. The lowest BCUT2D eigenvalue weighted by Gasteiger charge is -2.34. The van der Waals surface area contributed by atoms with E-state index in [0.29, 0.717) is 35.6 Å². The Labute approximate surface area is 225 Å². The van der Waals surface area contributed by atoms with E-state index in [1.165, 1.54) is 16.6 Å². The highest BCUT2D eigenvalue weighted by Crippen LogP contribution is 2.33. The van der Waals surface area contributed by atoms with E-state index < -0.39 is 28.0 Å². The number of hydrogen-bond donors (Lipinski definition) is 2. The minimum atomic E-state index is -3.40. The molecule has 38 heavy (non-hydrogen) atoms. The summed E-state index contributed by atoms with van der Waals surface area (Å²) in [6, 6.07) is 2.63. The molecule has 2 saturated heterocycles. The van der Waals surface area contributed by atoms with Gasteiger partial charge in [-0.2, -0.15) is 4.31 Å². The van der Waals surface area contributed by atoms with Gasteiger partial charge in [0.05, 0.1) is 47.4 Å². The molecule has 2 aliphatic rings. The molecular weight excluding hydrogens is 539 g/mol. The van der Waals surface area contributed by atoms with Crippen LogP contribution in [-0.4, -0.2) is 81.7 Å². The van der Waals surface area contributed by atoms with Gasteiger partial charge in [0, 0.05) is 31.1 Å². The molecule has 0 aliphatic carbocycles. The maximum atomic E-state index is 15.3. The van der Waals surface area contributed by atoms with Crippen LogP contribution in [0.15, 0.2) is 18.3 Å². The Morgan fingerprint density at radius 2 is 2.08 bits per heavy atom. The lowest BCUT2D eigenvalue weighted by atomic mass is 10.0. The Hall–Kier alpha value is -2.42. The van der Waals surface area contributed by atoms with E-state index in [4.69, 9.17) is 21.1 Å². The van der Waals surface area contributed by atoms with Crippen molar-refractivity contribution < 1.29 is 27.4 Å². The summed E-state index contributed by atoms with van der Waals surface area (Å²) in [6.07, 6.45) is 2.48. The first kappa shape index (κ1) is 27.2. The second kappa shape index (κ2) is 10.6. The van der Waals surface area contributed by atoms with Gasteiger partial charge in [-0.1, -0.05) is 11.6 Å². The first-order chi connectivity index (χ1) is 18.0. The number of halogens is 2.